The minimum absolute atomic E-state index is 0. The molecule has 0 radical (unpaired) electrons. The van der Waals surface area contributed by atoms with E-state index in [-0.39, 0.29) is 44.1 Å². The third-order valence-electron chi connectivity index (χ3n) is 11.5. The van der Waals surface area contributed by atoms with E-state index < -0.39 is 5.41 Å². The SMILES string of the molecule is CCC(=O)Oc1cc[c-]c(-c2ccccn2)c1.CCC(=O)Oc1cc[c-]c(-c2ccccn2)c1.CCC(C)(CC(C)n1c2ccccc2c2ccccc21)C(=O)Oc1cc[c-]c(-c2ccccn2)c1.[Ir+3]. The second kappa shape index (κ2) is 25.1. The number of aromatic nitrogens is 4. The summed E-state index contributed by atoms with van der Waals surface area (Å²) in [5, 5.41) is 2.47. The Balaban J connectivity index is 0.000000192. The number of pyridine rings is 3. The van der Waals surface area contributed by atoms with Gasteiger partial charge in [-0.05, 0) is 74.1 Å². The average molecular weight is 1110 g/mol. The quantitative estimate of drug-likeness (QED) is 0.0631. The van der Waals surface area contributed by atoms with Crippen molar-refractivity contribution in [3.63, 3.8) is 0 Å². The molecule has 10 nitrogen and oxygen atoms in total. The van der Waals surface area contributed by atoms with Gasteiger partial charge in [0.15, 0.2) is 0 Å². The van der Waals surface area contributed by atoms with Gasteiger partial charge in [-0.1, -0.05) is 93.6 Å². The van der Waals surface area contributed by atoms with Crippen molar-refractivity contribution in [3.05, 3.63) is 195 Å². The average Bonchev–Trinajstić information content (AvgIpc) is 3.74. The normalized spacial score (nSPS) is 11.8. The first kappa shape index (κ1) is 51.8. The van der Waals surface area contributed by atoms with E-state index in [1.165, 1.54) is 21.8 Å². The standard InChI is InChI=1S/C31H29N2O2.2C14H12NO2.Ir/c1-4-31(3,30(34)35-24-13-11-12-23(20-24)27-16-9-10-19-32-27)21-22(2)33-28-17-7-5-14-25(28)26-15-6-8-18-29(26)33;2*1-2-14(16)17-12-7-5-6-11(10-12)13-8-3-4-9-15-13;/h5-11,13-20,22H,4,21H2,1-3H3;2*3-5,7-10H,2H2,1H3;/q3*-1;+3. The molecule has 70 heavy (non-hydrogen) atoms. The van der Waals surface area contributed by atoms with Crippen molar-refractivity contribution in [2.75, 3.05) is 0 Å². The van der Waals surface area contributed by atoms with Crippen molar-refractivity contribution in [1.29, 1.82) is 0 Å². The number of carbonyl (C=O) groups is 3. The maximum Gasteiger partial charge on any atom is 3.00 e. The number of benzene rings is 5. The number of rotatable bonds is 13. The molecule has 0 N–H and O–H groups in total. The van der Waals surface area contributed by atoms with Crippen LogP contribution in [0.5, 0.6) is 17.2 Å². The second-order valence-corrected chi connectivity index (χ2v) is 16.4. The first-order valence-electron chi connectivity index (χ1n) is 23.0. The first-order valence-corrected chi connectivity index (χ1v) is 23.0. The Morgan fingerprint density at radius 2 is 0.914 bits per heavy atom. The molecule has 4 aromatic heterocycles. The fourth-order valence-electron chi connectivity index (χ4n) is 7.72. The molecule has 2 atom stereocenters. The van der Waals surface area contributed by atoms with Crippen LogP contribution in [-0.2, 0) is 34.5 Å². The Kier molecular flexibility index (Phi) is 18.6. The molecule has 2 unspecified atom stereocenters. The van der Waals surface area contributed by atoms with Crippen molar-refractivity contribution in [3.8, 4) is 51.0 Å². The van der Waals surface area contributed by atoms with Crippen LogP contribution in [0, 0.1) is 23.6 Å². The van der Waals surface area contributed by atoms with Gasteiger partial charge in [-0.25, -0.2) is 0 Å². The molecule has 11 heteroatoms. The fourth-order valence-corrected chi connectivity index (χ4v) is 7.72. The van der Waals surface area contributed by atoms with Gasteiger partial charge in [0.05, 0.1) is 22.7 Å². The van der Waals surface area contributed by atoms with Crippen LogP contribution in [0.3, 0.4) is 0 Å². The molecule has 0 aliphatic heterocycles. The number of ether oxygens (including phenoxy) is 3. The van der Waals surface area contributed by atoms with E-state index in [1.54, 1.807) is 81.0 Å². The number of para-hydroxylation sites is 2. The molecule has 0 saturated heterocycles. The monoisotopic (exact) mass is 1110 g/mol. The minimum Gasteiger partial charge on any atom is -0.447 e. The summed E-state index contributed by atoms with van der Waals surface area (Å²) in [6, 6.07) is 59.1. The topological polar surface area (TPSA) is 122 Å². The Bertz CT molecular complexity index is 2980. The largest absolute Gasteiger partial charge is 3.00 e. The van der Waals surface area contributed by atoms with E-state index in [9.17, 15) is 14.4 Å². The van der Waals surface area contributed by atoms with Crippen LogP contribution in [-0.4, -0.2) is 37.4 Å². The van der Waals surface area contributed by atoms with E-state index in [1.807, 2.05) is 67.6 Å². The van der Waals surface area contributed by atoms with Crippen LogP contribution in [0.15, 0.2) is 176 Å². The van der Waals surface area contributed by atoms with Gasteiger partial charge in [-0.15, -0.1) is 89.5 Å². The van der Waals surface area contributed by atoms with Crippen molar-refractivity contribution < 1.29 is 48.7 Å². The van der Waals surface area contributed by atoms with Crippen LogP contribution in [0.2, 0.25) is 0 Å². The van der Waals surface area contributed by atoms with Crippen molar-refractivity contribution in [2.24, 2.45) is 5.41 Å². The Morgan fingerprint density at radius 1 is 0.543 bits per heavy atom. The van der Waals surface area contributed by atoms with Gasteiger partial charge in [-0.2, -0.15) is 0 Å². The van der Waals surface area contributed by atoms with Gasteiger partial charge in [0, 0.05) is 59.3 Å². The summed E-state index contributed by atoms with van der Waals surface area (Å²) in [6.07, 6.45) is 7.24. The van der Waals surface area contributed by atoms with Gasteiger partial charge in [0.25, 0.3) is 0 Å². The molecular formula is C59H53IrN4O6. The maximum atomic E-state index is 13.5. The predicted molar refractivity (Wildman–Crippen MR) is 270 cm³/mol. The Morgan fingerprint density at radius 3 is 1.27 bits per heavy atom. The number of hydrogen-bond donors (Lipinski definition) is 0. The smallest absolute Gasteiger partial charge is 0.447 e. The molecule has 354 valence electrons. The molecular weight excluding hydrogens is 1050 g/mol. The summed E-state index contributed by atoms with van der Waals surface area (Å²) >= 11 is 0. The molecule has 5 aromatic carbocycles. The number of esters is 3. The van der Waals surface area contributed by atoms with Crippen LogP contribution in [0.25, 0.3) is 55.6 Å². The zero-order valence-electron chi connectivity index (χ0n) is 39.7. The van der Waals surface area contributed by atoms with Gasteiger partial charge < -0.3 is 33.7 Å². The second-order valence-electron chi connectivity index (χ2n) is 16.4. The summed E-state index contributed by atoms with van der Waals surface area (Å²) in [6.45, 7) is 9.78. The van der Waals surface area contributed by atoms with Crippen molar-refractivity contribution in [2.45, 2.75) is 66.3 Å². The summed E-state index contributed by atoms with van der Waals surface area (Å²) in [7, 11) is 0. The molecule has 0 fully saturated rings. The van der Waals surface area contributed by atoms with Gasteiger partial charge in [-0.3, -0.25) is 14.4 Å². The van der Waals surface area contributed by atoms with Crippen LogP contribution < -0.4 is 14.2 Å². The fraction of sp³-hybridized carbons (Fsp3) is 0.186. The number of carbonyl (C=O) groups excluding carboxylic acids is 3. The molecule has 0 bridgehead atoms. The van der Waals surface area contributed by atoms with E-state index in [2.05, 4.69) is 100 Å². The van der Waals surface area contributed by atoms with Gasteiger partial charge >= 0.3 is 38.0 Å². The number of hydrogen-bond acceptors (Lipinski definition) is 9. The molecule has 0 aliphatic carbocycles. The van der Waals surface area contributed by atoms with Gasteiger partial charge in [0.2, 0.25) is 0 Å². The minimum atomic E-state index is -0.642. The third-order valence-corrected chi connectivity index (χ3v) is 11.5. The Labute approximate surface area is 423 Å². The zero-order chi connectivity index (χ0) is 48.6. The molecule has 0 amide bonds. The molecule has 0 spiro atoms. The molecule has 0 saturated carbocycles. The molecule has 4 heterocycles. The number of nitrogens with zero attached hydrogens (tertiary/aromatic N) is 4. The van der Waals surface area contributed by atoms with E-state index in [4.69, 9.17) is 14.2 Å². The van der Waals surface area contributed by atoms with Crippen molar-refractivity contribution in [1.82, 2.24) is 19.5 Å². The van der Waals surface area contributed by atoms with E-state index >= 15 is 0 Å². The summed E-state index contributed by atoms with van der Waals surface area (Å²) in [5.41, 5.74) is 6.56. The first-order chi connectivity index (χ1) is 33.6. The third kappa shape index (κ3) is 13.3. The van der Waals surface area contributed by atoms with Gasteiger partial charge in [0.1, 0.15) is 0 Å². The zero-order valence-corrected chi connectivity index (χ0v) is 42.1. The number of fused-ring (bicyclic) bond motifs is 3. The van der Waals surface area contributed by atoms with Crippen LogP contribution in [0.1, 0.15) is 66.3 Å². The predicted octanol–water partition coefficient (Wildman–Crippen LogP) is 13.4. The summed E-state index contributed by atoms with van der Waals surface area (Å²) in [5.74, 6) is 0.850. The molecule has 9 aromatic rings. The summed E-state index contributed by atoms with van der Waals surface area (Å²) in [4.78, 5) is 48.7. The van der Waals surface area contributed by atoms with E-state index in [0.29, 0.717) is 42.9 Å². The Hall–Kier alpha value is -7.59. The summed E-state index contributed by atoms with van der Waals surface area (Å²) < 4.78 is 18.6. The maximum absolute atomic E-state index is 13.5. The molecule has 0 aliphatic rings. The van der Waals surface area contributed by atoms with E-state index in [0.717, 1.165) is 33.8 Å². The molecule has 9 rings (SSSR count). The van der Waals surface area contributed by atoms with Crippen LogP contribution >= 0.6 is 0 Å². The van der Waals surface area contributed by atoms with Crippen molar-refractivity contribution >= 4 is 39.7 Å². The van der Waals surface area contributed by atoms with Crippen LogP contribution in [0.4, 0.5) is 0 Å².